The molecule has 5 nitrogen and oxygen atoms in total. The van der Waals surface area contributed by atoms with Crippen molar-refractivity contribution in [2.24, 2.45) is 5.41 Å². The number of benzene rings is 1. The molecule has 0 amide bonds. The molecule has 1 saturated heterocycles. The normalized spacial score (nSPS) is 22.4. The molecule has 0 N–H and O–H groups in total. The van der Waals surface area contributed by atoms with Gasteiger partial charge in [-0.25, -0.2) is 0 Å². The third kappa shape index (κ3) is 3.39. The lowest BCUT2D eigenvalue weighted by Crippen LogP contribution is -2.50. The second-order valence-corrected chi connectivity index (χ2v) is 6.06. The van der Waals surface area contributed by atoms with Crippen molar-refractivity contribution in [3.63, 3.8) is 0 Å². The number of hydrogen-bond donors (Lipinski definition) is 0. The number of ether oxygens (including phenoxy) is 1. The van der Waals surface area contributed by atoms with Crippen LogP contribution in [0, 0.1) is 15.5 Å². The fraction of sp³-hybridized carbons (Fsp3) is 0.500. The van der Waals surface area contributed by atoms with Crippen molar-refractivity contribution in [1.29, 1.82) is 0 Å². The van der Waals surface area contributed by atoms with Gasteiger partial charge in [-0.2, -0.15) is 0 Å². The van der Waals surface area contributed by atoms with Crippen LogP contribution in [0.5, 0.6) is 0 Å². The van der Waals surface area contributed by atoms with Crippen molar-refractivity contribution in [1.82, 2.24) is 4.90 Å². The van der Waals surface area contributed by atoms with Crippen LogP contribution < -0.4 is 0 Å². The van der Waals surface area contributed by atoms with E-state index in [1.807, 2.05) is 11.0 Å². The molecule has 1 atom stereocenters. The summed E-state index contributed by atoms with van der Waals surface area (Å²) in [6.45, 7) is 6.10. The molecule has 108 valence electrons. The zero-order valence-corrected chi connectivity index (χ0v) is 12.4. The van der Waals surface area contributed by atoms with Crippen LogP contribution >= 0.6 is 12.2 Å². The summed E-state index contributed by atoms with van der Waals surface area (Å²) in [7, 11) is 0. The van der Waals surface area contributed by atoms with Gasteiger partial charge < -0.3 is 4.74 Å². The molecule has 1 unspecified atom stereocenters. The van der Waals surface area contributed by atoms with Gasteiger partial charge in [-0.1, -0.05) is 44.3 Å². The molecule has 0 aromatic heterocycles. The summed E-state index contributed by atoms with van der Waals surface area (Å²) in [6.07, 6.45) is -0.266. The Balaban J connectivity index is 2.23. The topological polar surface area (TPSA) is 55.6 Å². The smallest absolute Gasteiger partial charge is 0.273 e. The largest absolute Gasteiger partial charge is 0.358 e. The van der Waals surface area contributed by atoms with Crippen LogP contribution in [0.2, 0.25) is 0 Å². The van der Waals surface area contributed by atoms with Crippen LogP contribution in [0.15, 0.2) is 24.3 Å². The fourth-order valence-corrected chi connectivity index (χ4v) is 2.67. The Kier molecular flexibility index (Phi) is 4.47. The molecule has 1 aliphatic heterocycles. The van der Waals surface area contributed by atoms with Crippen LogP contribution in [0.3, 0.4) is 0 Å². The first kappa shape index (κ1) is 15.0. The molecule has 1 heterocycles. The molecule has 1 fully saturated rings. The van der Waals surface area contributed by atoms with Gasteiger partial charge >= 0.3 is 0 Å². The standard InChI is InChI=1S/C14H18N2O3S/c1-14(2)9-15(13(8-20)19-10-14)7-11-5-3-4-6-12(11)16(17)18/h3-6,8,13H,7,9-10H2,1-2H3. The van der Waals surface area contributed by atoms with E-state index in [-0.39, 0.29) is 22.3 Å². The summed E-state index contributed by atoms with van der Waals surface area (Å²) in [4.78, 5) is 12.8. The molecule has 0 spiro atoms. The van der Waals surface area contributed by atoms with Gasteiger partial charge in [0.1, 0.15) is 6.23 Å². The summed E-state index contributed by atoms with van der Waals surface area (Å²) in [5.74, 6) is 0. The zero-order valence-electron chi connectivity index (χ0n) is 11.6. The van der Waals surface area contributed by atoms with E-state index in [4.69, 9.17) is 17.0 Å². The van der Waals surface area contributed by atoms with Crippen LogP contribution in [-0.2, 0) is 11.3 Å². The van der Waals surface area contributed by atoms with E-state index in [1.165, 1.54) is 6.07 Å². The average molecular weight is 294 g/mol. The van der Waals surface area contributed by atoms with Gasteiger partial charge in [0.15, 0.2) is 0 Å². The molecule has 20 heavy (non-hydrogen) atoms. The molecule has 0 aliphatic carbocycles. The molecule has 6 heteroatoms. The molecule has 1 aromatic rings. The highest BCUT2D eigenvalue weighted by molar-refractivity contribution is 7.79. The first-order valence-electron chi connectivity index (χ1n) is 6.46. The number of rotatable bonds is 4. The van der Waals surface area contributed by atoms with Crippen molar-refractivity contribution in [2.75, 3.05) is 13.2 Å². The number of thiocarbonyl (C=S) groups is 1. The molecule has 0 radical (unpaired) electrons. The van der Waals surface area contributed by atoms with Gasteiger partial charge in [-0.05, 0) is 0 Å². The summed E-state index contributed by atoms with van der Waals surface area (Å²) in [6, 6.07) is 6.79. The second kappa shape index (κ2) is 5.95. The Morgan fingerprint density at radius 2 is 2.25 bits per heavy atom. The van der Waals surface area contributed by atoms with Gasteiger partial charge in [-0.15, -0.1) is 0 Å². The molecular weight excluding hydrogens is 276 g/mol. The minimum absolute atomic E-state index is 0.0123. The number of nitro groups is 1. The predicted molar refractivity (Wildman–Crippen MR) is 80.7 cm³/mol. The molecule has 2 rings (SSSR count). The predicted octanol–water partition coefficient (Wildman–Crippen LogP) is 2.78. The lowest BCUT2D eigenvalue weighted by Gasteiger charge is -2.42. The van der Waals surface area contributed by atoms with E-state index in [2.05, 4.69) is 13.8 Å². The van der Waals surface area contributed by atoms with E-state index >= 15 is 0 Å². The first-order chi connectivity index (χ1) is 9.43. The molecule has 1 aromatic carbocycles. The fourth-order valence-electron chi connectivity index (χ4n) is 2.41. The highest BCUT2D eigenvalue weighted by Crippen LogP contribution is 2.28. The van der Waals surface area contributed by atoms with E-state index < -0.39 is 0 Å². The Morgan fingerprint density at radius 3 is 2.90 bits per heavy atom. The maximum absolute atomic E-state index is 11.1. The van der Waals surface area contributed by atoms with E-state index in [9.17, 15) is 10.1 Å². The van der Waals surface area contributed by atoms with E-state index in [0.717, 1.165) is 6.54 Å². The third-order valence-electron chi connectivity index (χ3n) is 3.31. The Hall–Kier alpha value is -1.37. The average Bonchev–Trinajstić information content (AvgIpc) is 2.38. The summed E-state index contributed by atoms with van der Waals surface area (Å²) < 4.78 is 5.72. The molecular formula is C14H18N2O3S. The van der Waals surface area contributed by atoms with Crippen molar-refractivity contribution >= 4 is 23.3 Å². The highest BCUT2D eigenvalue weighted by atomic mass is 32.1. The van der Waals surface area contributed by atoms with Gasteiger partial charge in [-0.3, -0.25) is 15.0 Å². The third-order valence-corrected chi connectivity index (χ3v) is 3.55. The van der Waals surface area contributed by atoms with Crippen LogP contribution in [0.25, 0.3) is 0 Å². The second-order valence-electron chi connectivity index (χ2n) is 5.79. The van der Waals surface area contributed by atoms with Crippen molar-refractivity contribution in [3.05, 3.63) is 39.9 Å². The van der Waals surface area contributed by atoms with Gasteiger partial charge in [0, 0.05) is 35.5 Å². The maximum atomic E-state index is 11.1. The summed E-state index contributed by atoms with van der Waals surface area (Å²) in [5.41, 5.74) is 0.831. The minimum atomic E-state index is -0.350. The van der Waals surface area contributed by atoms with Gasteiger partial charge in [0.25, 0.3) is 5.69 Å². The molecule has 1 aliphatic rings. The van der Waals surface area contributed by atoms with Crippen LogP contribution in [0.4, 0.5) is 5.69 Å². The number of nitro benzene ring substituents is 1. The van der Waals surface area contributed by atoms with Gasteiger partial charge in [0.2, 0.25) is 0 Å². The quantitative estimate of drug-likeness (QED) is 0.485. The van der Waals surface area contributed by atoms with Crippen molar-refractivity contribution in [3.8, 4) is 0 Å². The lowest BCUT2D eigenvalue weighted by atomic mass is 9.92. The Labute approximate surface area is 123 Å². The number of nitrogens with zero attached hydrogens (tertiary/aromatic N) is 2. The van der Waals surface area contributed by atoms with Crippen molar-refractivity contribution < 1.29 is 9.66 Å². The van der Waals surface area contributed by atoms with E-state index in [1.54, 1.807) is 17.5 Å². The van der Waals surface area contributed by atoms with Gasteiger partial charge in [0.05, 0.1) is 11.5 Å². The van der Waals surface area contributed by atoms with Crippen LogP contribution in [0.1, 0.15) is 19.4 Å². The monoisotopic (exact) mass is 294 g/mol. The SMILES string of the molecule is CC1(C)COC(C=S)N(Cc2ccccc2[N+](=O)[O-])C1. The molecule has 0 saturated carbocycles. The minimum Gasteiger partial charge on any atom is -0.358 e. The number of hydrogen-bond acceptors (Lipinski definition) is 5. The summed E-state index contributed by atoms with van der Waals surface area (Å²) in [5, 5.41) is 12.6. The Morgan fingerprint density at radius 1 is 1.55 bits per heavy atom. The lowest BCUT2D eigenvalue weighted by molar-refractivity contribution is -0.385. The molecule has 0 bridgehead atoms. The zero-order chi connectivity index (χ0) is 14.8. The van der Waals surface area contributed by atoms with E-state index in [0.29, 0.717) is 18.7 Å². The number of para-hydroxylation sites is 1. The van der Waals surface area contributed by atoms with Crippen molar-refractivity contribution in [2.45, 2.75) is 26.6 Å². The summed E-state index contributed by atoms with van der Waals surface area (Å²) >= 11 is 5.00. The Bertz CT molecular complexity index is 519. The van der Waals surface area contributed by atoms with Crippen LogP contribution in [-0.4, -0.2) is 34.6 Å². The first-order valence-corrected chi connectivity index (χ1v) is 6.93. The highest BCUT2D eigenvalue weighted by Gasteiger charge is 2.33. The maximum Gasteiger partial charge on any atom is 0.273 e.